The van der Waals surface area contributed by atoms with Gasteiger partial charge < -0.3 is 14.9 Å². The third-order valence-electron chi connectivity index (χ3n) is 3.14. The summed E-state index contributed by atoms with van der Waals surface area (Å²) >= 11 is 0. The lowest BCUT2D eigenvalue weighted by Gasteiger charge is -2.26. The van der Waals surface area contributed by atoms with Crippen LogP contribution in [-0.2, 0) is 4.79 Å². The van der Waals surface area contributed by atoms with E-state index < -0.39 is 5.97 Å². The van der Waals surface area contributed by atoms with Crippen molar-refractivity contribution in [1.82, 2.24) is 0 Å². The standard InChI is InChI=1S/C15H24N2O2/c1-5-10-17(11-12(2)15(18)19)14-8-6-13(7-9-14)16(3)4/h6-9,12H,5,10-11H2,1-4H3,(H,18,19). The number of benzene rings is 1. The molecule has 1 rings (SSSR count). The number of nitrogens with zero attached hydrogens (tertiary/aromatic N) is 2. The summed E-state index contributed by atoms with van der Waals surface area (Å²) in [7, 11) is 4.01. The molecule has 1 aromatic carbocycles. The minimum absolute atomic E-state index is 0.361. The van der Waals surface area contributed by atoms with Crippen LogP contribution in [0.1, 0.15) is 20.3 Å². The normalized spacial score (nSPS) is 12.0. The van der Waals surface area contributed by atoms with E-state index in [1.165, 1.54) is 0 Å². The van der Waals surface area contributed by atoms with E-state index in [2.05, 4.69) is 36.1 Å². The Morgan fingerprint density at radius 3 is 2.16 bits per heavy atom. The lowest BCUT2D eigenvalue weighted by Crippen LogP contribution is -2.32. The Morgan fingerprint density at radius 1 is 1.21 bits per heavy atom. The zero-order valence-corrected chi connectivity index (χ0v) is 12.3. The van der Waals surface area contributed by atoms with E-state index >= 15 is 0 Å². The van der Waals surface area contributed by atoms with Gasteiger partial charge in [0.2, 0.25) is 0 Å². The van der Waals surface area contributed by atoms with Gasteiger partial charge in [-0.25, -0.2) is 0 Å². The molecule has 1 N–H and O–H groups in total. The van der Waals surface area contributed by atoms with Gasteiger partial charge in [-0.15, -0.1) is 0 Å². The topological polar surface area (TPSA) is 43.8 Å². The van der Waals surface area contributed by atoms with E-state index in [0.717, 1.165) is 24.3 Å². The summed E-state index contributed by atoms with van der Waals surface area (Å²) in [6, 6.07) is 8.23. The zero-order chi connectivity index (χ0) is 14.4. The van der Waals surface area contributed by atoms with Crippen LogP contribution in [-0.4, -0.2) is 38.3 Å². The lowest BCUT2D eigenvalue weighted by atomic mass is 10.1. The molecule has 0 aromatic heterocycles. The number of carboxylic acid groups (broad SMARTS) is 1. The van der Waals surface area contributed by atoms with Crippen molar-refractivity contribution >= 4 is 17.3 Å². The summed E-state index contributed by atoms with van der Waals surface area (Å²) in [6.07, 6.45) is 1.00. The molecule has 19 heavy (non-hydrogen) atoms. The highest BCUT2D eigenvalue weighted by Gasteiger charge is 2.16. The van der Waals surface area contributed by atoms with Crippen LogP contribution in [0.5, 0.6) is 0 Å². The smallest absolute Gasteiger partial charge is 0.308 e. The molecular formula is C15H24N2O2. The average Bonchev–Trinajstić information content (AvgIpc) is 2.38. The van der Waals surface area contributed by atoms with Gasteiger partial charge in [0.15, 0.2) is 0 Å². The summed E-state index contributed by atoms with van der Waals surface area (Å²) in [6.45, 7) is 5.27. The Labute approximate surface area is 115 Å². The summed E-state index contributed by atoms with van der Waals surface area (Å²) in [5, 5.41) is 9.03. The first kappa shape index (κ1) is 15.3. The van der Waals surface area contributed by atoms with Gasteiger partial charge in [0.05, 0.1) is 5.92 Å². The van der Waals surface area contributed by atoms with Gasteiger partial charge in [0.1, 0.15) is 0 Å². The number of carboxylic acids is 1. The number of hydrogen-bond acceptors (Lipinski definition) is 3. The van der Waals surface area contributed by atoms with Crippen molar-refractivity contribution in [2.24, 2.45) is 5.92 Å². The zero-order valence-electron chi connectivity index (χ0n) is 12.3. The Hall–Kier alpha value is -1.71. The fraction of sp³-hybridized carbons (Fsp3) is 0.533. The van der Waals surface area contributed by atoms with Gasteiger partial charge in [-0.05, 0) is 30.7 Å². The highest BCUT2D eigenvalue weighted by atomic mass is 16.4. The second-order valence-corrected chi connectivity index (χ2v) is 5.10. The van der Waals surface area contributed by atoms with Crippen molar-refractivity contribution in [3.05, 3.63) is 24.3 Å². The first-order valence-electron chi connectivity index (χ1n) is 6.70. The van der Waals surface area contributed by atoms with Crippen LogP contribution < -0.4 is 9.80 Å². The number of anilines is 2. The van der Waals surface area contributed by atoms with Crippen molar-refractivity contribution in [1.29, 1.82) is 0 Å². The van der Waals surface area contributed by atoms with Gasteiger partial charge in [0.25, 0.3) is 0 Å². The third kappa shape index (κ3) is 4.47. The van der Waals surface area contributed by atoms with Crippen molar-refractivity contribution in [3.63, 3.8) is 0 Å². The fourth-order valence-electron chi connectivity index (χ4n) is 1.97. The molecule has 0 aliphatic heterocycles. The molecule has 0 saturated heterocycles. The Kier molecular flexibility index (Phi) is 5.67. The molecule has 0 fully saturated rings. The highest BCUT2D eigenvalue weighted by molar-refractivity contribution is 5.70. The van der Waals surface area contributed by atoms with Gasteiger partial charge in [-0.1, -0.05) is 13.8 Å². The maximum absolute atomic E-state index is 11.0. The van der Waals surface area contributed by atoms with E-state index in [9.17, 15) is 4.79 Å². The van der Waals surface area contributed by atoms with E-state index in [1.54, 1.807) is 6.92 Å². The lowest BCUT2D eigenvalue weighted by molar-refractivity contribution is -0.140. The maximum atomic E-state index is 11.0. The molecular weight excluding hydrogens is 240 g/mol. The molecule has 1 unspecified atom stereocenters. The quantitative estimate of drug-likeness (QED) is 0.822. The SMILES string of the molecule is CCCN(CC(C)C(=O)O)c1ccc(N(C)C)cc1. The summed E-state index contributed by atoms with van der Waals surface area (Å²) < 4.78 is 0. The van der Waals surface area contributed by atoms with Crippen molar-refractivity contribution in [3.8, 4) is 0 Å². The first-order chi connectivity index (χ1) is 8.95. The molecule has 106 valence electrons. The van der Waals surface area contributed by atoms with E-state index in [0.29, 0.717) is 6.54 Å². The second-order valence-electron chi connectivity index (χ2n) is 5.10. The molecule has 0 bridgehead atoms. The predicted molar refractivity (Wildman–Crippen MR) is 80.1 cm³/mol. The largest absolute Gasteiger partial charge is 0.481 e. The van der Waals surface area contributed by atoms with Crippen LogP contribution >= 0.6 is 0 Å². The van der Waals surface area contributed by atoms with Gasteiger partial charge in [0, 0.05) is 38.6 Å². The number of hydrogen-bond donors (Lipinski definition) is 1. The molecule has 4 nitrogen and oxygen atoms in total. The summed E-state index contributed by atoms with van der Waals surface area (Å²) in [4.78, 5) is 15.2. The monoisotopic (exact) mass is 264 g/mol. The van der Waals surface area contributed by atoms with E-state index in [4.69, 9.17) is 5.11 Å². The number of carbonyl (C=O) groups is 1. The molecule has 1 aromatic rings. The Bertz CT molecular complexity index is 401. The van der Waals surface area contributed by atoms with Crippen LogP contribution in [0.2, 0.25) is 0 Å². The number of rotatable bonds is 7. The Balaban J connectivity index is 2.83. The fourth-order valence-corrected chi connectivity index (χ4v) is 1.97. The van der Waals surface area contributed by atoms with Crippen LogP contribution in [0.15, 0.2) is 24.3 Å². The molecule has 0 spiro atoms. The second kappa shape index (κ2) is 7.02. The van der Waals surface area contributed by atoms with Crippen molar-refractivity contribution < 1.29 is 9.90 Å². The molecule has 0 aliphatic rings. The third-order valence-corrected chi connectivity index (χ3v) is 3.14. The van der Waals surface area contributed by atoms with E-state index in [-0.39, 0.29) is 5.92 Å². The minimum Gasteiger partial charge on any atom is -0.481 e. The minimum atomic E-state index is -0.744. The molecule has 4 heteroatoms. The maximum Gasteiger partial charge on any atom is 0.308 e. The predicted octanol–water partition coefficient (Wildman–Crippen LogP) is 2.69. The van der Waals surface area contributed by atoms with Crippen molar-refractivity contribution in [2.75, 3.05) is 37.0 Å². The highest BCUT2D eigenvalue weighted by Crippen LogP contribution is 2.20. The molecule has 0 heterocycles. The molecule has 1 atom stereocenters. The molecule has 0 saturated carbocycles. The van der Waals surface area contributed by atoms with Crippen LogP contribution in [0.25, 0.3) is 0 Å². The van der Waals surface area contributed by atoms with Crippen LogP contribution in [0.3, 0.4) is 0 Å². The van der Waals surface area contributed by atoms with Gasteiger partial charge in [-0.2, -0.15) is 0 Å². The van der Waals surface area contributed by atoms with Crippen molar-refractivity contribution in [2.45, 2.75) is 20.3 Å². The average molecular weight is 264 g/mol. The van der Waals surface area contributed by atoms with Crippen LogP contribution in [0, 0.1) is 5.92 Å². The molecule has 0 aliphatic carbocycles. The van der Waals surface area contributed by atoms with Gasteiger partial charge >= 0.3 is 5.97 Å². The first-order valence-corrected chi connectivity index (χ1v) is 6.70. The molecule has 0 amide bonds. The summed E-state index contributed by atoms with van der Waals surface area (Å²) in [5.74, 6) is -1.11. The van der Waals surface area contributed by atoms with E-state index in [1.807, 2.05) is 19.0 Å². The van der Waals surface area contributed by atoms with Crippen LogP contribution in [0.4, 0.5) is 11.4 Å². The Morgan fingerprint density at radius 2 is 1.74 bits per heavy atom. The molecule has 0 radical (unpaired) electrons. The summed E-state index contributed by atoms with van der Waals surface area (Å²) in [5.41, 5.74) is 2.23. The number of aliphatic carboxylic acids is 1. The van der Waals surface area contributed by atoms with Gasteiger partial charge in [-0.3, -0.25) is 4.79 Å².